The second-order valence-corrected chi connectivity index (χ2v) is 6.38. The van der Waals surface area contributed by atoms with Crippen LogP contribution in [0.4, 0.5) is 5.82 Å². The summed E-state index contributed by atoms with van der Waals surface area (Å²) in [5, 5.41) is 2.65. The van der Waals surface area contributed by atoms with Gasteiger partial charge in [-0.3, -0.25) is 0 Å². The fourth-order valence-electron chi connectivity index (χ4n) is 2.60. The van der Waals surface area contributed by atoms with Crippen molar-refractivity contribution in [2.45, 2.75) is 26.4 Å². The summed E-state index contributed by atoms with van der Waals surface area (Å²) in [5.74, 6) is 1.67. The van der Waals surface area contributed by atoms with Crippen LogP contribution in [0.3, 0.4) is 0 Å². The zero-order chi connectivity index (χ0) is 14.8. The molecule has 0 bridgehead atoms. The lowest BCUT2D eigenvalue weighted by molar-refractivity contribution is 0.0418. The summed E-state index contributed by atoms with van der Waals surface area (Å²) in [5.41, 5.74) is 1.02. The molecule has 1 fully saturated rings. The predicted molar refractivity (Wildman–Crippen MR) is 86.4 cm³/mol. The Bertz CT molecular complexity index is 618. The van der Waals surface area contributed by atoms with Gasteiger partial charge in [-0.2, -0.15) is 0 Å². The number of thiophene rings is 1. The Morgan fingerprint density at radius 1 is 1.48 bits per heavy atom. The van der Waals surface area contributed by atoms with E-state index in [1.54, 1.807) is 11.3 Å². The molecule has 0 spiro atoms. The highest BCUT2D eigenvalue weighted by Gasteiger charge is 2.26. The number of aryl methyl sites for hydroxylation is 1. The summed E-state index contributed by atoms with van der Waals surface area (Å²) in [6.45, 7) is 6.31. The van der Waals surface area contributed by atoms with Crippen molar-refractivity contribution in [2.75, 3.05) is 24.6 Å². The largest absolute Gasteiger partial charge is 0.369 e. The second kappa shape index (κ2) is 6.30. The van der Waals surface area contributed by atoms with Crippen molar-refractivity contribution in [3.8, 4) is 0 Å². The highest BCUT2D eigenvalue weighted by Crippen LogP contribution is 2.31. The van der Waals surface area contributed by atoms with Crippen molar-refractivity contribution in [2.24, 2.45) is 0 Å². The van der Waals surface area contributed by atoms with Crippen LogP contribution in [0.15, 0.2) is 17.5 Å². The molecule has 1 saturated heterocycles. The van der Waals surface area contributed by atoms with Crippen LogP contribution in [-0.2, 0) is 11.2 Å². The summed E-state index contributed by atoms with van der Waals surface area (Å²) < 4.78 is 5.90. The van der Waals surface area contributed by atoms with Gasteiger partial charge in [0.15, 0.2) is 0 Å². The van der Waals surface area contributed by atoms with Gasteiger partial charge in [-0.25, -0.2) is 9.97 Å². The smallest absolute Gasteiger partial charge is 0.138 e. The molecule has 1 atom stereocenters. The minimum absolute atomic E-state index is 0.109. The Kier molecular flexibility index (Phi) is 4.42. The summed E-state index contributed by atoms with van der Waals surface area (Å²) in [4.78, 5) is 12.4. The molecule has 4 nitrogen and oxygen atoms in total. The molecule has 3 rings (SSSR count). The summed E-state index contributed by atoms with van der Waals surface area (Å²) >= 11 is 8.02. The van der Waals surface area contributed by atoms with E-state index in [9.17, 15) is 0 Å². The van der Waals surface area contributed by atoms with E-state index in [4.69, 9.17) is 16.3 Å². The maximum Gasteiger partial charge on any atom is 0.138 e. The molecule has 0 saturated carbocycles. The first kappa shape index (κ1) is 14.8. The molecule has 21 heavy (non-hydrogen) atoms. The number of halogens is 1. The molecule has 3 heterocycles. The van der Waals surface area contributed by atoms with Crippen molar-refractivity contribution >= 4 is 28.8 Å². The topological polar surface area (TPSA) is 38.2 Å². The van der Waals surface area contributed by atoms with Gasteiger partial charge in [0.05, 0.1) is 13.2 Å². The molecule has 0 aliphatic carbocycles. The molecule has 1 unspecified atom stereocenters. The van der Waals surface area contributed by atoms with Crippen LogP contribution < -0.4 is 4.90 Å². The van der Waals surface area contributed by atoms with Gasteiger partial charge in [0.25, 0.3) is 0 Å². The van der Waals surface area contributed by atoms with Gasteiger partial charge in [-0.1, -0.05) is 24.6 Å². The van der Waals surface area contributed by atoms with Gasteiger partial charge >= 0.3 is 0 Å². The maximum absolute atomic E-state index is 6.28. The minimum Gasteiger partial charge on any atom is -0.369 e. The molecule has 0 amide bonds. The molecule has 112 valence electrons. The standard InChI is InChI=1S/C15H18ClN3OS/c1-3-11-14(16)17-10(2)18-15(11)19-6-7-20-12(9-19)13-5-4-8-21-13/h4-5,8,12H,3,6-7,9H2,1-2H3. The number of aromatic nitrogens is 2. The van der Waals surface area contributed by atoms with Crippen LogP contribution in [0.25, 0.3) is 0 Å². The van der Waals surface area contributed by atoms with Crippen molar-refractivity contribution < 1.29 is 4.74 Å². The predicted octanol–water partition coefficient (Wildman–Crippen LogP) is 3.64. The molecule has 2 aromatic heterocycles. The van der Waals surface area contributed by atoms with Gasteiger partial charge in [-0.15, -0.1) is 11.3 Å². The Hall–Kier alpha value is -1.17. The van der Waals surface area contributed by atoms with Crippen molar-refractivity contribution in [3.63, 3.8) is 0 Å². The minimum atomic E-state index is 0.109. The highest BCUT2D eigenvalue weighted by atomic mass is 35.5. The van der Waals surface area contributed by atoms with Crippen LogP contribution in [0, 0.1) is 6.92 Å². The van der Waals surface area contributed by atoms with Gasteiger partial charge in [0.2, 0.25) is 0 Å². The Labute approximate surface area is 133 Å². The lowest BCUT2D eigenvalue weighted by Gasteiger charge is -2.34. The lowest BCUT2D eigenvalue weighted by atomic mass is 10.2. The van der Waals surface area contributed by atoms with E-state index in [0.29, 0.717) is 17.6 Å². The van der Waals surface area contributed by atoms with E-state index < -0.39 is 0 Å². The van der Waals surface area contributed by atoms with Crippen LogP contribution in [-0.4, -0.2) is 29.7 Å². The summed E-state index contributed by atoms with van der Waals surface area (Å²) in [6.07, 6.45) is 0.938. The average Bonchev–Trinajstić information content (AvgIpc) is 3.01. The lowest BCUT2D eigenvalue weighted by Crippen LogP contribution is -2.39. The first-order valence-corrected chi connectivity index (χ1v) is 8.37. The van der Waals surface area contributed by atoms with Crippen LogP contribution >= 0.6 is 22.9 Å². The zero-order valence-corrected chi connectivity index (χ0v) is 13.7. The van der Waals surface area contributed by atoms with Gasteiger partial charge in [-0.05, 0) is 24.8 Å². The Morgan fingerprint density at radius 3 is 3.05 bits per heavy atom. The number of ether oxygens (including phenoxy) is 1. The first-order chi connectivity index (χ1) is 10.2. The third-order valence-corrected chi connectivity index (χ3v) is 4.90. The average molecular weight is 324 g/mol. The molecular weight excluding hydrogens is 306 g/mol. The first-order valence-electron chi connectivity index (χ1n) is 7.12. The zero-order valence-electron chi connectivity index (χ0n) is 12.2. The second-order valence-electron chi connectivity index (χ2n) is 5.04. The van der Waals surface area contributed by atoms with Crippen LogP contribution in [0.5, 0.6) is 0 Å². The Morgan fingerprint density at radius 2 is 2.33 bits per heavy atom. The van der Waals surface area contributed by atoms with E-state index in [0.717, 1.165) is 30.9 Å². The highest BCUT2D eigenvalue weighted by molar-refractivity contribution is 7.10. The monoisotopic (exact) mass is 323 g/mol. The normalized spacial score (nSPS) is 19.0. The molecule has 1 aliphatic heterocycles. The van der Waals surface area contributed by atoms with E-state index >= 15 is 0 Å². The van der Waals surface area contributed by atoms with E-state index in [1.807, 2.05) is 6.92 Å². The van der Waals surface area contributed by atoms with E-state index in [2.05, 4.69) is 39.3 Å². The summed E-state index contributed by atoms with van der Waals surface area (Å²) in [7, 11) is 0. The molecule has 0 N–H and O–H groups in total. The SMILES string of the molecule is CCc1c(Cl)nc(C)nc1N1CCOC(c2cccs2)C1. The fraction of sp³-hybridized carbons (Fsp3) is 0.467. The van der Waals surface area contributed by atoms with Crippen LogP contribution in [0.2, 0.25) is 5.15 Å². The third-order valence-electron chi connectivity index (χ3n) is 3.63. The Balaban J connectivity index is 1.90. The molecule has 2 aromatic rings. The molecule has 0 aromatic carbocycles. The molecule has 0 radical (unpaired) electrons. The van der Waals surface area contributed by atoms with Crippen molar-refractivity contribution in [1.82, 2.24) is 9.97 Å². The summed E-state index contributed by atoms with van der Waals surface area (Å²) in [6, 6.07) is 4.18. The molecule has 6 heteroatoms. The van der Waals surface area contributed by atoms with Crippen molar-refractivity contribution in [3.05, 3.63) is 38.9 Å². The van der Waals surface area contributed by atoms with E-state index in [1.165, 1.54) is 4.88 Å². The fourth-order valence-corrected chi connectivity index (χ4v) is 3.71. The van der Waals surface area contributed by atoms with Crippen LogP contribution in [0.1, 0.15) is 29.3 Å². The number of hydrogen-bond donors (Lipinski definition) is 0. The molecular formula is C15H18ClN3OS. The molecule has 1 aliphatic rings. The van der Waals surface area contributed by atoms with E-state index in [-0.39, 0.29) is 6.10 Å². The quantitative estimate of drug-likeness (QED) is 0.808. The number of nitrogens with zero attached hydrogens (tertiary/aromatic N) is 3. The maximum atomic E-state index is 6.28. The van der Waals surface area contributed by atoms with Gasteiger partial charge in [0.1, 0.15) is 22.9 Å². The van der Waals surface area contributed by atoms with Crippen molar-refractivity contribution in [1.29, 1.82) is 0 Å². The number of rotatable bonds is 3. The third kappa shape index (κ3) is 3.05. The number of anilines is 1. The van der Waals surface area contributed by atoms with Gasteiger partial charge < -0.3 is 9.64 Å². The number of hydrogen-bond acceptors (Lipinski definition) is 5. The number of morpholine rings is 1. The van der Waals surface area contributed by atoms with Gasteiger partial charge in [0, 0.05) is 17.0 Å².